The molecule has 1 saturated carbocycles. The maximum atomic E-state index is 10.4. The molecule has 0 radical (unpaired) electrons. The van der Waals surface area contributed by atoms with E-state index in [-0.39, 0.29) is 0 Å². The second kappa shape index (κ2) is 5.68. The molecule has 0 aromatic heterocycles. The van der Waals surface area contributed by atoms with Gasteiger partial charge in [-0.05, 0) is 58.0 Å². The Bertz CT molecular complexity index is 246. The molecule has 2 rings (SSSR count). The SMILES string of the molecule is CC1CCCCN1CCC1CCCC1(O)CN. The van der Waals surface area contributed by atoms with E-state index in [0.717, 1.165) is 38.3 Å². The topological polar surface area (TPSA) is 49.5 Å². The van der Waals surface area contributed by atoms with Crippen molar-refractivity contribution in [3.63, 3.8) is 0 Å². The summed E-state index contributed by atoms with van der Waals surface area (Å²) < 4.78 is 0. The van der Waals surface area contributed by atoms with Gasteiger partial charge in [0.1, 0.15) is 0 Å². The average Bonchev–Trinajstić information content (AvgIpc) is 2.71. The van der Waals surface area contributed by atoms with Crippen molar-refractivity contribution in [2.24, 2.45) is 11.7 Å². The van der Waals surface area contributed by atoms with E-state index in [9.17, 15) is 5.11 Å². The zero-order valence-corrected chi connectivity index (χ0v) is 11.2. The molecular formula is C14H28N2O. The van der Waals surface area contributed by atoms with Crippen LogP contribution >= 0.6 is 0 Å². The van der Waals surface area contributed by atoms with Crippen LogP contribution in [0.1, 0.15) is 51.9 Å². The minimum absolute atomic E-state index is 0.432. The van der Waals surface area contributed by atoms with Crippen molar-refractivity contribution >= 4 is 0 Å². The van der Waals surface area contributed by atoms with Crippen molar-refractivity contribution < 1.29 is 5.11 Å². The number of nitrogens with two attached hydrogens (primary N) is 1. The third-order valence-corrected chi connectivity index (χ3v) is 4.98. The number of nitrogens with zero attached hydrogens (tertiary/aromatic N) is 1. The predicted molar refractivity (Wildman–Crippen MR) is 70.8 cm³/mol. The Kier molecular flexibility index (Phi) is 4.45. The summed E-state index contributed by atoms with van der Waals surface area (Å²) in [6.07, 6.45) is 8.40. The highest BCUT2D eigenvalue weighted by Crippen LogP contribution is 2.37. The van der Waals surface area contributed by atoms with Gasteiger partial charge in [0.25, 0.3) is 0 Å². The summed E-state index contributed by atoms with van der Waals surface area (Å²) in [5.74, 6) is 0.432. The van der Waals surface area contributed by atoms with E-state index in [2.05, 4.69) is 11.8 Å². The molecule has 2 fully saturated rings. The highest BCUT2D eigenvalue weighted by atomic mass is 16.3. The zero-order valence-electron chi connectivity index (χ0n) is 11.2. The van der Waals surface area contributed by atoms with Crippen molar-refractivity contribution in [3.05, 3.63) is 0 Å². The van der Waals surface area contributed by atoms with Gasteiger partial charge >= 0.3 is 0 Å². The molecule has 1 aliphatic carbocycles. The quantitative estimate of drug-likeness (QED) is 0.787. The first-order chi connectivity index (χ1) is 8.15. The van der Waals surface area contributed by atoms with Crippen molar-refractivity contribution in [2.45, 2.75) is 63.5 Å². The van der Waals surface area contributed by atoms with Gasteiger partial charge < -0.3 is 15.7 Å². The molecule has 100 valence electrons. The normalized spacial score (nSPS) is 39.7. The Balaban J connectivity index is 1.81. The Hall–Kier alpha value is -0.120. The lowest BCUT2D eigenvalue weighted by Gasteiger charge is -2.36. The summed E-state index contributed by atoms with van der Waals surface area (Å²) in [4.78, 5) is 2.60. The highest BCUT2D eigenvalue weighted by Gasteiger charge is 2.39. The fourth-order valence-electron chi connectivity index (χ4n) is 3.62. The standard InChI is InChI=1S/C14H28N2O/c1-12-5-2-3-9-16(12)10-7-13-6-4-8-14(13,17)11-15/h12-13,17H,2-11,15H2,1H3. The van der Waals surface area contributed by atoms with E-state index in [1.54, 1.807) is 0 Å². The van der Waals surface area contributed by atoms with Gasteiger partial charge in [-0.1, -0.05) is 12.8 Å². The van der Waals surface area contributed by atoms with Crippen LogP contribution in [0.3, 0.4) is 0 Å². The second-order valence-electron chi connectivity index (χ2n) is 6.07. The molecule has 1 heterocycles. The number of hydrogen-bond acceptors (Lipinski definition) is 3. The summed E-state index contributed by atoms with van der Waals surface area (Å²) in [6.45, 7) is 5.17. The lowest BCUT2D eigenvalue weighted by molar-refractivity contribution is 0.00196. The minimum atomic E-state index is -0.557. The Morgan fingerprint density at radius 3 is 2.82 bits per heavy atom. The maximum Gasteiger partial charge on any atom is 0.0797 e. The number of likely N-dealkylation sites (tertiary alicyclic amines) is 1. The monoisotopic (exact) mass is 240 g/mol. The van der Waals surface area contributed by atoms with Gasteiger partial charge in [0.2, 0.25) is 0 Å². The average molecular weight is 240 g/mol. The number of hydrogen-bond donors (Lipinski definition) is 2. The van der Waals surface area contributed by atoms with Gasteiger partial charge in [0.05, 0.1) is 5.60 Å². The molecule has 0 bridgehead atoms. The van der Waals surface area contributed by atoms with E-state index >= 15 is 0 Å². The van der Waals surface area contributed by atoms with Gasteiger partial charge in [0.15, 0.2) is 0 Å². The van der Waals surface area contributed by atoms with E-state index in [1.165, 1.54) is 25.8 Å². The van der Waals surface area contributed by atoms with E-state index in [1.807, 2.05) is 0 Å². The van der Waals surface area contributed by atoms with Crippen LogP contribution < -0.4 is 5.73 Å². The summed E-state index contributed by atoms with van der Waals surface area (Å²) in [7, 11) is 0. The van der Waals surface area contributed by atoms with Crippen molar-refractivity contribution in [1.29, 1.82) is 0 Å². The third kappa shape index (κ3) is 3.01. The molecule has 3 unspecified atom stereocenters. The van der Waals surface area contributed by atoms with Crippen LogP contribution in [0.2, 0.25) is 0 Å². The lowest BCUT2D eigenvalue weighted by Crippen LogP contribution is -2.44. The summed E-state index contributed by atoms with van der Waals surface area (Å²) >= 11 is 0. The van der Waals surface area contributed by atoms with Crippen LogP contribution in [-0.4, -0.2) is 41.3 Å². The molecular weight excluding hydrogens is 212 g/mol. The molecule has 3 nitrogen and oxygen atoms in total. The lowest BCUT2D eigenvalue weighted by atomic mass is 9.87. The molecule has 0 amide bonds. The maximum absolute atomic E-state index is 10.4. The predicted octanol–water partition coefficient (Wildman–Crippen LogP) is 1.74. The molecule has 17 heavy (non-hydrogen) atoms. The Morgan fingerprint density at radius 2 is 2.12 bits per heavy atom. The van der Waals surface area contributed by atoms with Crippen LogP contribution in [0.15, 0.2) is 0 Å². The highest BCUT2D eigenvalue weighted by molar-refractivity contribution is 4.93. The van der Waals surface area contributed by atoms with Gasteiger partial charge in [0, 0.05) is 12.6 Å². The summed E-state index contributed by atoms with van der Waals surface area (Å²) in [5.41, 5.74) is 5.17. The fourth-order valence-corrected chi connectivity index (χ4v) is 3.62. The van der Waals surface area contributed by atoms with E-state index in [4.69, 9.17) is 5.73 Å². The van der Waals surface area contributed by atoms with Crippen molar-refractivity contribution in [3.8, 4) is 0 Å². The molecule has 0 aromatic rings. The number of aliphatic hydroxyl groups is 1. The van der Waals surface area contributed by atoms with E-state index in [0.29, 0.717) is 12.5 Å². The van der Waals surface area contributed by atoms with Gasteiger partial charge in [-0.25, -0.2) is 0 Å². The molecule has 1 saturated heterocycles. The largest absolute Gasteiger partial charge is 0.388 e. The molecule has 1 aliphatic heterocycles. The molecule has 2 aliphatic rings. The first-order valence-corrected chi connectivity index (χ1v) is 7.32. The molecule has 3 N–H and O–H groups in total. The number of piperidine rings is 1. The Morgan fingerprint density at radius 1 is 1.29 bits per heavy atom. The summed E-state index contributed by atoms with van der Waals surface area (Å²) in [5, 5.41) is 10.4. The molecule has 3 atom stereocenters. The first kappa shape index (κ1) is 13.3. The first-order valence-electron chi connectivity index (χ1n) is 7.32. The zero-order chi connectivity index (χ0) is 12.3. The fraction of sp³-hybridized carbons (Fsp3) is 1.00. The molecule has 3 heteroatoms. The minimum Gasteiger partial charge on any atom is -0.388 e. The van der Waals surface area contributed by atoms with Crippen molar-refractivity contribution in [1.82, 2.24) is 4.90 Å². The van der Waals surface area contributed by atoms with Crippen LogP contribution in [0.25, 0.3) is 0 Å². The summed E-state index contributed by atoms with van der Waals surface area (Å²) in [6, 6.07) is 0.733. The smallest absolute Gasteiger partial charge is 0.0797 e. The van der Waals surface area contributed by atoms with Gasteiger partial charge in [-0.2, -0.15) is 0 Å². The van der Waals surface area contributed by atoms with Crippen LogP contribution in [0, 0.1) is 5.92 Å². The van der Waals surface area contributed by atoms with Crippen LogP contribution in [0.4, 0.5) is 0 Å². The van der Waals surface area contributed by atoms with Crippen LogP contribution in [-0.2, 0) is 0 Å². The van der Waals surface area contributed by atoms with Crippen LogP contribution in [0.5, 0.6) is 0 Å². The van der Waals surface area contributed by atoms with Crippen molar-refractivity contribution in [2.75, 3.05) is 19.6 Å². The second-order valence-corrected chi connectivity index (χ2v) is 6.07. The number of rotatable bonds is 4. The third-order valence-electron chi connectivity index (χ3n) is 4.98. The van der Waals surface area contributed by atoms with Gasteiger partial charge in [-0.3, -0.25) is 0 Å². The van der Waals surface area contributed by atoms with E-state index < -0.39 is 5.60 Å². The molecule has 0 spiro atoms. The Labute approximate surface area is 105 Å². The molecule has 0 aromatic carbocycles. The van der Waals surface area contributed by atoms with Gasteiger partial charge in [-0.15, -0.1) is 0 Å².